The van der Waals surface area contributed by atoms with Gasteiger partial charge < -0.3 is 14.4 Å². The van der Waals surface area contributed by atoms with Gasteiger partial charge in [-0.05, 0) is 32.9 Å². The molecule has 1 heterocycles. The number of nitrogens with zero attached hydrogens (tertiary/aromatic N) is 1. The van der Waals surface area contributed by atoms with E-state index < -0.39 is 29.4 Å². The van der Waals surface area contributed by atoms with Crippen molar-refractivity contribution in [1.82, 2.24) is 4.90 Å². The molecule has 1 aromatic rings. The van der Waals surface area contributed by atoms with Gasteiger partial charge in [0.15, 0.2) is 5.78 Å². The van der Waals surface area contributed by atoms with E-state index in [9.17, 15) is 14.0 Å². The zero-order chi connectivity index (χ0) is 16.3. The SMILES string of the molecule is CC(C)(C)OC(=O)N1CCO[C@@H](C(=O)c2ccccc2F)C1. The number of ketones is 1. The fourth-order valence-electron chi connectivity index (χ4n) is 2.13. The van der Waals surface area contributed by atoms with Crippen LogP contribution in [0.15, 0.2) is 24.3 Å². The van der Waals surface area contributed by atoms with Crippen molar-refractivity contribution in [3.63, 3.8) is 0 Å². The number of ether oxygens (including phenoxy) is 2. The third kappa shape index (κ3) is 4.04. The minimum absolute atomic E-state index is 0.0291. The second-order valence-electron chi connectivity index (χ2n) is 6.13. The Labute approximate surface area is 129 Å². The number of benzene rings is 1. The van der Waals surface area contributed by atoms with Crippen molar-refractivity contribution in [1.29, 1.82) is 0 Å². The summed E-state index contributed by atoms with van der Waals surface area (Å²) >= 11 is 0. The van der Waals surface area contributed by atoms with Crippen LogP contribution in [0.25, 0.3) is 0 Å². The molecule has 1 atom stereocenters. The lowest BCUT2D eigenvalue weighted by atomic mass is 10.0. The fraction of sp³-hybridized carbons (Fsp3) is 0.500. The van der Waals surface area contributed by atoms with E-state index in [1.54, 1.807) is 26.8 Å². The molecule has 0 radical (unpaired) electrons. The van der Waals surface area contributed by atoms with Crippen LogP contribution in [0.2, 0.25) is 0 Å². The van der Waals surface area contributed by atoms with Gasteiger partial charge in [-0.1, -0.05) is 12.1 Å². The van der Waals surface area contributed by atoms with Gasteiger partial charge in [-0.25, -0.2) is 9.18 Å². The molecule has 0 saturated carbocycles. The third-order valence-corrected chi connectivity index (χ3v) is 3.15. The maximum absolute atomic E-state index is 13.7. The average molecular weight is 309 g/mol. The first-order valence-electron chi connectivity index (χ1n) is 7.16. The predicted octanol–water partition coefficient (Wildman–Crippen LogP) is 2.64. The van der Waals surface area contributed by atoms with Crippen LogP contribution in [0.3, 0.4) is 0 Å². The summed E-state index contributed by atoms with van der Waals surface area (Å²) < 4.78 is 24.4. The van der Waals surface area contributed by atoms with Crippen molar-refractivity contribution in [3.8, 4) is 0 Å². The number of Topliss-reactive ketones (excluding diaryl/α,β-unsaturated/α-hetero) is 1. The van der Waals surface area contributed by atoms with Crippen molar-refractivity contribution in [2.45, 2.75) is 32.5 Å². The molecule has 1 aliphatic heterocycles. The van der Waals surface area contributed by atoms with Crippen LogP contribution in [0, 0.1) is 5.82 Å². The molecule has 22 heavy (non-hydrogen) atoms. The van der Waals surface area contributed by atoms with E-state index in [1.165, 1.54) is 23.1 Å². The molecule has 120 valence electrons. The smallest absolute Gasteiger partial charge is 0.410 e. The monoisotopic (exact) mass is 309 g/mol. The van der Waals surface area contributed by atoms with Crippen LogP contribution in [0.4, 0.5) is 9.18 Å². The van der Waals surface area contributed by atoms with Gasteiger partial charge in [0.1, 0.15) is 17.5 Å². The lowest BCUT2D eigenvalue weighted by molar-refractivity contribution is -0.0322. The van der Waals surface area contributed by atoms with E-state index in [1.807, 2.05) is 0 Å². The molecule has 1 amide bonds. The molecule has 0 spiro atoms. The van der Waals surface area contributed by atoms with Crippen LogP contribution >= 0.6 is 0 Å². The van der Waals surface area contributed by atoms with Crippen LogP contribution in [0.5, 0.6) is 0 Å². The molecule has 5 nitrogen and oxygen atoms in total. The molecule has 0 aromatic heterocycles. The van der Waals surface area contributed by atoms with Gasteiger partial charge in [0.05, 0.1) is 18.7 Å². The second-order valence-corrected chi connectivity index (χ2v) is 6.13. The highest BCUT2D eigenvalue weighted by atomic mass is 19.1. The largest absolute Gasteiger partial charge is 0.444 e. The van der Waals surface area contributed by atoms with Crippen molar-refractivity contribution in [2.75, 3.05) is 19.7 Å². The van der Waals surface area contributed by atoms with Gasteiger partial charge in [-0.3, -0.25) is 4.79 Å². The molecule has 1 fully saturated rings. The number of morpholine rings is 1. The minimum atomic E-state index is -0.877. The highest BCUT2D eigenvalue weighted by Gasteiger charge is 2.33. The molecule has 1 saturated heterocycles. The lowest BCUT2D eigenvalue weighted by Gasteiger charge is -2.33. The Morgan fingerprint density at radius 1 is 1.32 bits per heavy atom. The normalized spacial score (nSPS) is 18.9. The highest BCUT2D eigenvalue weighted by Crippen LogP contribution is 2.17. The van der Waals surface area contributed by atoms with Crippen LogP contribution in [0.1, 0.15) is 31.1 Å². The maximum Gasteiger partial charge on any atom is 0.410 e. The van der Waals surface area contributed by atoms with E-state index in [2.05, 4.69) is 0 Å². The standard InChI is InChI=1S/C16H20FNO4/c1-16(2,3)22-15(20)18-8-9-21-13(10-18)14(19)11-6-4-5-7-12(11)17/h4-7,13H,8-10H2,1-3H3/t13-/m1/s1. The van der Waals surface area contributed by atoms with E-state index >= 15 is 0 Å². The predicted molar refractivity (Wildman–Crippen MR) is 78.3 cm³/mol. The zero-order valence-electron chi connectivity index (χ0n) is 13.0. The third-order valence-electron chi connectivity index (χ3n) is 3.15. The van der Waals surface area contributed by atoms with Gasteiger partial charge in [0, 0.05) is 6.54 Å². The zero-order valence-corrected chi connectivity index (χ0v) is 13.0. The molecule has 0 unspecified atom stereocenters. The van der Waals surface area contributed by atoms with E-state index in [-0.39, 0.29) is 18.7 Å². The lowest BCUT2D eigenvalue weighted by Crippen LogP contribution is -2.50. The summed E-state index contributed by atoms with van der Waals surface area (Å²) in [6.07, 6.45) is -1.37. The summed E-state index contributed by atoms with van der Waals surface area (Å²) in [5, 5.41) is 0. The quantitative estimate of drug-likeness (QED) is 0.788. The molecular weight excluding hydrogens is 289 g/mol. The van der Waals surface area contributed by atoms with Crippen LogP contribution in [-0.2, 0) is 9.47 Å². The number of carbonyl (C=O) groups is 2. The Bertz CT molecular complexity index is 568. The van der Waals surface area contributed by atoms with Gasteiger partial charge in [0.25, 0.3) is 0 Å². The number of amides is 1. The molecule has 0 aliphatic carbocycles. The Morgan fingerprint density at radius 2 is 2.00 bits per heavy atom. The summed E-state index contributed by atoms with van der Waals surface area (Å²) in [7, 11) is 0. The molecule has 1 aromatic carbocycles. The molecule has 2 rings (SSSR count). The summed E-state index contributed by atoms with van der Waals surface area (Å²) in [5.74, 6) is -1.06. The molecule has 0 N–H and O–H groups in total. The minimum Gasteiger partial charge on any atom is -0.444 e. The Kier molecular flexibility index (Phi) is 4.81. The van der Waals surface area contributed by atoms with Gasteiger partial charge in [-0.2, -0.15) is 0 Å². The van der Waals surface area contributed by atoms with E-state index in [4.69, 9.17) is 9.47 Å². The van der Waals surface area contributed by atoms with Crippen molar-refractivity contribution in [2.24, 2.45) is 0 Å². The first-order chi connectivity index (χ1) is 10.3. The topological polar surface area (TPSA) is 55.8 Å². The highest BCUT2D eigenvalue weighted by molar-refractivity contribution is 6.00. The fourth-order valence-corrected chi connectivity index (χ4v) is 2.13. The van der Waals surface area contributed by atoms with Crippen molar-refractivity contribution >= 4 is 11.9 Å². The number of hydrogen-bond donors (Lipinski definition) is 0. The molecule has 6 heteroatoms. The first-order valence-corrected chi connectivity index (χ1v) is 7.16. The number of rotatable bonds is 2. The Hall–Kier alpha value is -1.95. The molecule has 1 aliphatic rings. The molecule has 0 bridgehead atoms. The average Bonchev–Trinajstić information content (AvgIpc) is 2.45. The second kappa shape index (κ2) is 6.44. The number of hydrogen-bond acceptors (Lipinski definition) is 4. The van der Waals surface area contributed by atoms with Crippen LogP contribution in [-0.4, -0.2) is 48.2 Å². The first kappa shape index (κ1) is 16.4. The summed E-state index contributed by atoms with van der Waals surface area (Å²) in [6, 6.07) is 5.74. The number of halogens is 1. The van der Waals surface area contributed by atoms with Gasteiger partial charge in [-0.15, -0.1) is 0 Å². The van der Waals surface area contributed by atoms with Crippen molar-refractivity contribution in [3.05, 3.63) is 35.6 Å². The van der Waals surface area contributed by atoms with Crippen LogP contribution < -0.4 is 0 Å². The molecular formula is C16H20FNO4. The summed E-state index contributed by atoms with van der Waals surface area (Å²) in [4.78, 5) is 25.8. The Morgan fingerprint density at radius 3 is 2.64 bits per heavy atom. The van der Waals surface area contributed by atoms with Gasteiger partial charge >= 0.3 is 6.09 Å². The van der Waals surface area contributed by atoms with E-state index in [0.29, 0.717) is 6.54 Å². The van der Waals surface area contributed by atoms with Crippen molar-refractivity contribution < 1.29 is 23.5 Å². The summed E-state index contributed by atoms with van der Waals surface area (Å²) in [5.41, 5.74) is -0.640. The van der Waals surface area contributed by atoms with Gasteiger partial charge in [0.2, 0.25) is 0 Å². The summed E-state index contributed by atoms with van der Waals surface area (Å²) in [6.45, 7) is 5.93. The Balaban J connectivity index is 2.06. The van der Waals surface area contributed by atoms with E-state index in [0.717, 1.165) is 0 Å². The maximum atomic E-state index is 13.7. The number of carbonyl (C=O) groups excluding carboxylic acids is 2.